The van der Waals surface area contributed by atoms with E-state index < -0.39 is 0 Å². The number of anilines is 4. The zero-order valence-corrected chi connectivity index (χ0v) is 15.2. The summed E-state index contributed by atoms with van der Waals surface area (Å²) in [7, 11) is 0. The number of rotatable bonds is 5. The lowest BCUT2D eigenvalue weighted by Gasteiger charge is -2.09. The number of benzene rings is 2. The van der Waals surface area contributed by atoms with Crippen molar-refractivity contribution in [3.8, 4) is 0 Å². The van der Waals surface area contributed by atoms with Crippen LogP contribution in [0.25, 0.3) is 0 Å². The Bertz CT molecular complexity index is 956. The second-order valence-corrected chi connectivity index (χ2v) is 6.21. The van der Waals surface area contributed by atoms with Crippen LogP contribution in [0.2, 0.25) is 5.02 Å². The lowest BCUT2D eigenvalue weighted by molar-refractivity contribution is -0.114. The number of hydrogen-bond acceptors (Lipinski definition) is 4. The Hall–Kier alpha value is -3.38. The molecule has 0 saturated carbocycles. The number of hydrogen-bond donors (Lipinski definition) is 3. The van der Waals surface area contributed by atoms with Crippen LogP contribution in [0.1, 0.15) is 17.3 Å². The van der Waals surface area contributed by atoms with Crippen molar-refractivity contribution in [3.05, 3.63) is 77.4 Å². The number of aromatic nitrogens is 1. The van der Waals surface area contributed by atoms with Gasteiger partial charge in [0.15, 0.2) is 0 Å². The maximum Gasteiger partial charge on any atom is 0.255 e. The molecule has 1 heterocycles. The van der Waals surface area contributed by atoms with E-state index in [0.717, 1.165) is 5.69 Å². The summed E-state index contributed by atoms with van der Waals surface area (Å²) >= 11 is 5.85. The molecule has 27 heavy (non-hydrogen) atoms. The molecule has 1 aromatic heterocycles. The van der Waals surface area contributed by atoms with Gasteiger partial charge in [-0.2, -0.15) is 0 Å². The first-order valence-electron chi connectivity index (χ1n) is 8.17. The van der Waals surface area contributed by atoms with Crippen LogP contribution in [-0.2, 0) is 4.79 Å². The van der Waals surface area contributed by atoms with E-state index in [0.29, 0.717) is 27.8 Å². The van der Waals surface area contributed by atoms with Gasteiger partial charge in [0.25, 0.3) is 5.91 Å². The van der Waals surface area contributed by atoms with Crippen molar-refractivity contribution in [3.63, 3.8) is 0 Å². The minimum absolute atomic E-state index is 0.128. The molecule has 0 spiro atoms. The van der Waals surface area contributed by atoms with Gasteiger partial charge < -0.3 is 16.0 Å². The molecule has 0 unspecified atom stereocenters. The molecule has 0 saturated heterocycles. The molecular weight excluding hydrogens is 364 g/mol. The Kier molecular flexibility index (Phi) is 5.68. The van der Waals surface area contributed by atoms with Crippen molar-refractivity contribution >= 4 is 46.3 Å². The molecule has 0 atom stereocenters. The van der Waals surface area contributed by atoms with Crippen LogP contribution in [0.15, 0.2) is 66.9 Å². The summed E-state index contributed by atoms with van der Waals surface area (Å²) < 4.78 is 0. The highest BCUT2D eigenvalue weighted by molar-refractivity contribution is 6.30. The van der Waals surface area contributed by atoms with E-state index in [1.54, 1.807) is 54.7 Å². The highest BCUT2D eigenvalue weighted by Crippen LogP contribution is 2.19. The minimum atomic E-state index is -0.247. The van der Waals surface area contributed by atoms with Crippen LogP contribution in [0, 0.1) is 0 Å². The van der Waals surface area contributed by atoms with Crippen molar-refractivity contribution in [2.24, 2.45) is 0 Å². The summed E-state index contributed by atoms with van der Waals surface area (Å²) in [6, 6.07) is 17.4. The minimum Gasteiger partial charge on any atom is -0.340 e. The van der Waals surface area contributed by atoms with E-state index in [2.05, 4.69) is 20.9 Å². The van der Waals surface area contributed by atoms with E-state index in [4.69, 9.17) is 11.6 Å². The second-order valence-electron chi connectivity index (χ2n) is 5.77. The summed E-state index contributed by atoms with van der Waals surface area (Å²) in [6.07, 6.45) is 1.56. The summed E-state index contributed by atoms with van der Waals surface area (Å²) in [5, 5.41) is 9.25. The maximum absolute atomic E-state index is 12.4. The third-order valence-electron chi connectivity index (χ3n) is 3.60. The Morgan fingerprint density at radius 3 is 2.11 bits per heavy atom. The van der Waals surface area contributed by atoms with Crippen LogP contribution >= 0.6 is 11.6 Å². The fourth-order valence-corrected chi connectivity index (χ4v) is 2.49. The third-order valence-corrected chi connectivity index (χ3v) is 3.85. The van der Waals surface area contributed by atoms with Crippen molar-refractivity contribution in [2.45, 2.75) is 6.92 Å². The molecule has 136 valence electrons. The van der Waals surface area contributed by atoms with E-state index >= 15 is 0 Å². The highest BCUT2D eigenvalue weighted by atomic mass is 35.5. The van der Waals surface area contributed by atoms with Gasteiger partial charge in [-0.15, -0.1) is 0 Å². The molecule has 2 amide bonds. The first-order chi connectivity index (χ1) is 13.0. The van der Waals surface area contributed by atoms with Gasteiger partial charge in [-0.05, 0) is 60.7 Å². The molecule has 0 aliphatic heterocycles. The molecule has 2 aromatic carbocycles. The number of nitrogens with one attached hydrogen (secondary N) is 3. The average molecular weight is 381 g/mol. The van der Waals surface area contributed by atoms with Crippen LogP contribution in [0.4, 0.5) is 22.9 Å². The molecule has 3 N–H and O–H groups in total. The summed E-state index contributed by atoms with van der Waals surface area (Å²) in [4.78, 5) is 27.7. The van der Waals surface area contributed by atoms with E-state index in [9.17, 15) is 9.59 Å². The molecule has 7 heteroatoms. The number of pyridine rings is 1. The first-order valence-corrected chi connectivity index (χ1v) is 8.55. The zero-order valence-electron chi connectivity index (χ0n) is 14.5. The number of nitrogens with zero attached hydrogens (tertiary/aromatic N) is 1. The van der Waals surface area contributed by atoms with Crippen molar-refractivity contribution in [1.82, 2.24) is 4.98 Å². The molecule has 0 aliphatic carbocycles. The van der Waals surface area contributed by atoms with Gasteiger partial charge in [0.1, 0.15) is 5.82 Å². The molecule has 0 bridgehead atoms. The fraction of sp³-hybridized carbons (Fsp3) is 0.0500. The molecule has 3 rings (SSSR count). The SMILES string of the molecule is CC(=O)Nc1ccc(Nc2cc(C(=O)Nc3ccc(Cl)cc3)ccn2)cc1. The van der Waals surface area contributed by atoms with Crippen molar-refractivity contribution < 1.29 is 9.59 Å². The molecule has 3 aromatic rings. The topological polar surface area (TPSA) is 83.1 Å². The van der Waals surface area contributed by atoms with Crippen LogP contribution in [-0.4, -0.2) is 16.8 Å². The van der Waals surface area contributed by atoms with Gasteiger partial charge in [0.2, 0.25) is 5.91 Å². The van der Waals surface area contributed by atoms with E-state index in [1.807, 2.05) is 12.1 Å². The Morgan fingerprint density at radius 1 is 0.852 bits per heavy atom. The van der Waals surface area contributed by atoms with Crippen molar-refractivity contribution in [1.29, 1.82) is 0 Å². The quantitative estimate of drug-likeness (QED) is 0.599. The van der Waals surface area contributed by atoms with Gasteiger partial charge in [-0.1, -0.05) is 11.6 Å². The molecule has 0 aliphatic rings. The van der Waals surface area contributed by atoms with Gasteiger partial charge >= 0.3 is 0 Å². The largest absolute Gasteiger partial charge is 0.340 e. The van der Waals surface area contributed by atoms with Crippen LogP contribution in [0.5, 0.6) is 0 Å². The fourth-order valence-electron chi connectivity index (χ4n) is 2.36. The van der Waals surface area contributed by atoms with Gasteiger partial charge in [0, 0.05) is 40.8 Å². The summed E-state index contributed by atoms with van der Waals surface area (Å²) in [6.45, 7) is 1.46. The Balaban J connectivity index is 1.68. The van der Waals surface area contributed by atoms with Gasteiger partial charge in [-0.25, -0.2) is 4.98 Å². The summed E-state index contributed by atoms with van der Waals surface area (Å²) in [5.41, 5.74) is 2.62. The van der Waals surface area contributed by atoms with Crippen LogP contribution in [0.3, 0.4) is 0 Å². The number of amides is 2. The molecule has 0 fully saturated rings. The normalized spacial score (nSPS) is 10.1. The predicted molar refractivity (Wildman–Crippen MR) is 108 cm³/mol. The average Bonchev–Trinajstić information content (AvgIpc) is 2.65. The Labute approximate surface area is 161 Å². The van der Waals surface area contributed by atoms with Gasteiger partial charge in [0.05, 0.1) is 0 Å². The molecule has 0 radical (unpaired) electrons. The first kappa shape index (κ1) is 18.4. The van der Waals surface area contributed by atoms with Crippen LogP contribution < -0.4 is 16.0 Å². The maximum atomic E-state index is 12.4. The lowest BCUT2D eigenvalue weighted by Crippen LogP contribution is -2.12. The number of halogens is 1. The standard InChI is InChI=1S/C20H17ClN4O2/c1-13(26)23-16-6-8-17(9-7-16)24-19-12-14(10-11-22-19)20(27)25-18-4-2-15(21)3-5-18/h2-12H,1H3,(H,22,24)(H,23,26)(H,25,27). The van der Waals surface area contributed by atoms with E-state index in [1.165, 1.54) is 6.92 Å². The number of carbonyl (C=O) groups is 2. The van der Waals surface area contributed by atoms with E-state index in [-0.39, 0.29) is 11.8 Å². The summed E-state index contributed by atoms with van der Waals surface area (Å²) in [5.74, 6) is 0.159. The molecule has 6 nitrogen and oxygen atoms in total. The zero-order chi connectivity index (χ0) is 19.2. The third kappa shape index (κ3) is 5.29. The lowest BCUT2D eigenvalue weighted by atomic mass is 10.2. The van der Waals surface area contributed by atoms with Gasteiger partial charge in [-0.3, -0.25) is 9.59 Å². The smallest absolute Gasteiger partial charge is 0.255 e. The van der Waals surface area contributed by atoms with Crippen molar-refractivity contribution in [2.75, 3.05) is 16.0 Å². The second kappa shape index (κ2) is 8.33. The monoisotopic (exact) mass is 380 g/mol. The number of carbonyl (C=O) groups excluding carboxylic acids is 2. The highest BCUT2D eigenvalue weighted by Gasteiger charge is 2.08. The Morgan fingerprint density at radius 2 is 1.44 bits per heavy atom. The molecular formula is C20H17ClN4O2. The predicted octanol–water partition coefficient (Wildman–Crippen LogP) is 4.69.